The van der Waals surface area contributed by atoms with Crippen molar-refractivity contribution in [2.45, 2.75) is 31.8 Å². The summed E-state index contributed by atoms with van der Waals surface area (Å²) in [7, 11) is 0. The zero-order valence-corrected chi connectivity index (χ0v) is 16.1. The Morgan fingerprint density at radius 1 is 0.929 bits per heavy atom. The molecule has 2 fully saturated rings. The van der Waals surface area contributed by atoms with E-state index in [4.69, 9.17) is 4.42 Å². The van der Waals surface area contributed by atoms with Crippen LogP contribution in [0.25, 0.3) is 0 Å². The number of rotatable bonds is 4. The maximum absolute atomic E-state index is 13.2. The molecule has 0 spiro atoms. The first-order valence-corrected chi connectivity index (χ1v) is 10.1. The van der Waals surface area contributed by atoms with Gasteiger partial charge in [0.2, 0.25) is 5.91 Å². The van der Waals surface area contributed by atoms with Crippen molar-refractivity contribution in [2.75, 3.05) is 32.7 Å². The largest absolute Gasteiger partial charge is 0.459 e. The van der Waals surface area contributed by atoms with Gasteiger partial charge in [0, 0.05) is 39.3 Å². The van der Waals surface area contributed by atoms with Gasteiger partial charge in [0.05, 0.1) is 6.26 Å². The van der Waals surface area contributed by atoms with Crippen LogP contribution in [0.2, 0.25) is 0 Å². The molecule has 6 heteroatoms. The topological polar surface area (TPSA) is 57.0 Å². The van der Waals surface area contributed by atoms with Crippen LogP contribution in [-0.2, 0) is 11.3 Å². The Labute approximate surface area is 165 Å². The second-order valence-electron chi connectivity index (χ2n) is 7.57. The zero-order valence-electron chi connectivity index (χ0n) is 16.1. The molecule has 4 rings (SSSR count). The molecule has 1 aromatic carbocycles. The SMILES string of the molecule is O=C(C1CCCN1C(=O)c1ccco1)N1CCCN(Cc2ccccc2)CC1. The molecule has 2 amide bonds. The van der Waals surface area contributed by atoms with Crippen LogP contribution in [-0.4, -0.2) is 65.3 Å². The molecule has 1 unspecified atom stereocenters. The molecule has 3 heterocycles. The maximum Gasteiger partial charge on any atom is 0.290 e. The fourth-order valence-electron chi connectivity index (χ4n) is 4.21. The minimum absolute atomic E-state index is 0.0824. The first-order chi connectivity index (χ1) is 13.7. The van der Waals surface area contributed by atoms with Crippen LogP contribution < -0.4 is 0 Å². The van der Waals surface area contributed by atoms with Gasteiger partial charge in [-0.2, -0.15) is 0 Å². The summed E-state index contributed by atoms with van der Waals surface area (Å²) in [5.41, 5.74) is 1.30. The van der Waals surface area contributed by atoms with E-state index in [9.17, 15) is 9.59 Å². The molecule has 28 heavy (non-hydrogen) atoms. The second kappa shape index (κ2) is 8.61. The molecule has 6 nitrogen and oxygen atoms in total. The highest BCUT2D eigenvalue weighted by molar-refractivity contribution is 5.96. The lowest BCUT2D eigenvalue weighted by Gasteiger charge is -2.29. The number of hydrogen-bond donors (Lipinski definition) is 0. The molecule has 0 saturated carbocycles. The van der Waals surface area contributed by atoms with Gasteiger partial charge in [-0.05, 0) is 37.0 Å². The van der Waals surface area contributed by atoms with Crippen molar-refractivity contribution >= 4 is 11.8 Å². The van der Waals surface area contributed by atoms with Gasteiger partial charge in [0.15, 0.2) is 5.76 Å². The highest BCUT2D eigenvalue weighted by Crippen LogP contribution is 2.23. The molecule has 2 aromatic rings. The lowest BCUT2D eigenvalue weighted by molar-refractivity contribution is -0.135. The van der Waals surface area contributed by atoms with Crippen LogP contribution in [0.3, 0.4) is 0 Å². The molecular weight excluding hydrogens is 354 g/mol. The van der Waals surface area contributed by atoms with Gasteiger partial charge in [0.25, 0.3) is 5.91 Å². The molecule has 1 atom stereocenters. The number of carbonyl (C=O) groups excluding carboxylic acids is 2. The predicted octanol–water partition coefficient (Wildman–Crippen LogP) is 2.62. The number of likely N-dealkylation sites (tertiary alicyclic amines) is 1. The molecule has 2 aliphatic heterocycles. The van der Waals surface area contributed by atoms with Gasteiger partial charge in [-0.3, -0.25) is 14.5 Å². The van der Waals surface area contributed by atoms with Crippen LogP contribution in [0.1, 0.15) is 35.4 Å². The Morgan fingerprint density at radius 2 is 1.79 bits per heavy atom. The average Bonchev–Trinajstić information content (AvgIpc) is 3.37. The number of amides is 2. The third-order valence-corrected chi connectivity index (χ3v) is 5.68. The summed E-state index contributed by atoms with van der Waals surface area (Å²) in [4.78, 5) is 31.9. The third-order valence-electron chi connectivity index (χ3n) is 5.68. The fraction of sp³-hybridized carbons (Fsp3) is 0.455. The molecule has 0 N–H and O–H groups in total. The van der Waals surface area contributed by atoms with Crippen molar-refractivity contribution in [2.24, 2.45) is 0 Å². The smallest absolute Gasteiger partial charge is 0.290 e. The second-order valence-corrected chi connectivity index (χ2v) is 7.57. The number of nitrogens with zero attached hydrogens (tertiary/aromatic N) is 3. The fourth-order valence-corrected chi connectivity index (χ4v) is 4.21. The average molecular weight is 381 g/mol. The molecule has 0 radical (unpaired) electrons. The van der Waals surface area contributed by atoms with Crippen LogP contribution in [0.4, 0.5) is 0 Å². The van der Waals surface area contributed by atoms with Gasteiger partial charge in [-0.25, -0.2) is 0 Å². The Morgan fingerprint density at radius 3 is 2.57 bits per heavy atom. The first kappa shape index (κ1) is 18.7. The third kappa shape index (κ3) is 4.12. The van der Waals surface area contributed by atoms with Crippen LogP contribution in [0, 0.1) is 0 Å². The molecule has 1 aromatic heterocycles. The van der Waals surface area contributed by atoms with E-state index in [1.54, 1.807) is 17.0 Å². The van der Waals surface area contributed by atoms with E-state index >= 15 is 0 Å². The van der Waals surface area contributed by atoms with Gasteiger partial charge in [0.1, 0.15) is 6.04 Å². The maximum atomic E-state index is 13.2. The lowest BCUT2D eigenvalue weighted by Crippen LogP contribution is -2.48. The molecular formula is C22H27N3O3. The number of benzene rings is 1. The van der Waals surface area contributed by atoms with E-state index in [0.29, 0.717) is 18.8 Å². The highest BCUT2D eigenvalue weighted by atomic mass is 16.3. The van der Waals surface area contributed by atoms with Gasteiger partial charge >= 0.3 is 0 Å². The predicted molar refractivity (Wildman–Crippen MR) is 106 cm³/mol. The van der Waals surface area contributed by atoms with E-state index in [1.165, 1.54) is 11.8 Å². The van der Waals surface area contributed by atoms with Gasteiger partial charge < -0.3 is 14.2 Å². The van der Waals surface area contributed by atoms with Crippen molar-refractivity contribution in [3.05, 3.63) is 60.1 Å². The monoisotopic (exact) mass is 381 g/mol. The standard InChI is InChI=1S/C22H27N3O3/c26-21(19-9-4-13-25(19)22(27)20-10-5-16-28-20)24-12-6-11-23(14-15-24)17-18-7-2-1-3-8-18/h1-3,5,7-8,10,16,19H,4,6,9,11-15,17H2. The van der Waals surface area contributed by atoms with Crippen LogP contribution in [0.5, 0.6) is 0 Å². The molecule has 0 aliphatic carbocycles. The molecule has 0 bridgehead atoms. The summed E-state index contributed by atoms with van der Waals surface area (Å²) in [5.74, 6) is 0.213. The van der Waals surface area contributed by atoms with E-state index in [1.807, 2.05) is 11.0 Å². The number of hydrogen-bond acceptors (Lipinski definition) is 4. The Hall–Kier alpha value is -2.60. The van der Waals surface area contributed by atoms with Crippen LogP contribution >= 0.6 is 0 Å². The normalized spacial score (nSPS) is 20.9. The summed E-state index contributed by atoms with van der Waals surface area (Å²) in [5, 5.41) is 0. The van der Waals surface area contributed by atoms with Gasteiger partial charge in [-0.15, -0.1) is 0 Å². The summed E-state index contributed by atoms with van der Waals surface area (Å²) in [6.07, 6.45) is 4.04. The Bertz CT molecular complexity index is 791. The quantitative estimate of drug-likeness (QED) is 0.817. The van der Waals surface area contributed by atoms with E-state index in [-0.39, 0.29) is 17.9 Å². The van der Waals surface area contributed by atoms with Crippen molar-refractivity contribution in [3.63, 3.8) is 0 Å². The van der Waals surface area contributed by atoms with E-state index < -0.39 is 0 Å². The first-order valence-electron chi connectivity index (χ1n) is 10.1. The number of carbonyl (C=O) groups is 2. The van der Waals surface area contributed by atoms with E-state index in [2.05, 4.69) is 29.2 Å². The van der Waals surface area contributed by atoms with Crippen LogP contribution in [0.15, 0.2) is 53.1 Å². The van der Waals surface area contributed by atoms with Crippen molar-refractivity contribution in [3.8, 4) is 0 Å². The van der Waals surface area contributed by atoms with Crippen molar-refractivity contribution in [1.29, 1.82) is 0 Å². The Balaban J connectivity index is 1.37. The highest BCUT2D eigenvalue weighted by Gasteiger charge is 2.38. The summed E-state index contributed by atoms with van der Waals surface area (Å²) < 4.78 is 5.25. The summed E-state index contributed by atoms with van der Waals surface area (Å²) in [6.45, 7) is 4.84. The zero-order chi connectivity index (χ0) is 19.3. The molecule has 148 valence electrons. The lowest BCUT2D eigenvalue weighted by atomic mass is 10.1. The summed E-state index contributed by atoms with van der Waals surface area (Å²) in [6, 6.07) is 13.4. The van der Waals surface area contributed by atoms with Gasteiger partial charge in [-0.1, -0.05) is 30.3 Å². The minimum atomic E-state index is -0.363. The van der Waals surface area contributed by atoms with Crippen molar-refractivity contribution in [1.82, 2.24) is 14.7 Å². The molecule has 2 saturated heterocycles. The van der Waals surface area contributed by atoms with E-state index in [0.717, 1.165) is 45.4 Å². The number of furan rings is 1. The Kier molecular flexibility index (Phi) is 5.76. The molecule has 2 aliphatic rings. The summed E-state index contributed by atoms with van der Waals surface area (Å²) >= 11 is 0. The van der Waals surface area contributed by atoms with Crippen molar-refractivity contribution < 1.29 is 14.0 Å². The minimum Gasteiger partial charge on any atom is -0.459 e.